The minimum absolute atomic E-state index is 0.0479. The molecule has 0 radical (unpaired) electrons. The van der Waals surface area contributed by atoms with Gasteiger partial charge in [-0.15, -0.1) is 11.3 Å². The highest BCUT2D eigenvalue weighted by molar-refractivity contribution is 7.13. The zero-order valence-electron chi connectivity index (χ0n) is 15.7. The van der Waals surface area contributed by atoms with Crippen molar-refractivity contribution in [2.24, 2.45) is 11.7 Å². The molecule has 8 heteroatoms. The molecule has 1 amide bonds. The summed E-state index contributed by atoms with van der Waals surface area (Å²) < 4.78 is 5.49. The molecule has 2 aliphatic rings. The molecular formula is C19H27N5O2S. The van der Waals surface area contributed by atoms with E-state index >= 15 is 0 Å². The Labute approximate surface area is 163 Å². The van der Waals surface area contributed by atoms with Crippen LogP contribution in [0.2, 0.25) is 0 Å². The summed E-state index contributed by atoms with van der Waals surface area (Å²) >= 11 is 1.60. The fourth-order valence-electron chi connectivity index (χ4n) is 4.10. The second-order valence-corrected chi connectivity index (χ2v) is 8.53. The topological polar surface area (TPSA) is 88.5 Å². The van der Waals surface area contributed by atoms with E-state index in [0.29, 0.717) is 24.1 Å². The van der Waals surface area contributed by atoms with Crippen LogP contribution in [0.4, 0.5) is 0 Å². The Morgan fingerprint density at radius 1 is 1.37 bits per heavy atom. The molecule has 4 rings (SSSR count). The Balaban J connectivity index is 1.30. The summed E-state index contributed by atoms with van der Waals surface area (Å²) in [7, 11) is 0. The SMILES string of the molecule is CC(c1nc(-c2cccs2)no1)N1CCN(C(=O)C[C@@H]2CCC[C@H]2N)CC1. The number of carbonyl (C=O) groups excluding carboxylic acids is 1. The molecule has 3 heterocycles. The van der Waals surface area contributed by atoms with Gasteiger partial charge in [0, 0.05) is 38.6 Å². The fourth-order valence-corrected chi connectivity index (χ4v) is 4.75. The van der Waals surface area contributed by atoms with Crippen molar-refractivity contribution in [2.75, 3.05) is 26.2 Å². The Morgan fingerprint density at radius 2 is 2.19 bits per heavy atom. The van der Waals surface area contributed by atoms with Crippen LogP contribution in [0.1, 0.15) is 44.5 Å². The van der Waals surface area contributed by atoms with Crippen LogP contribution in [0.15, 0.2) is 22.0 Å². The molecule has 2 N–H and O–H groups in total. The maximum absolute atomic E-state index is 12.6. The van der Waals surface area contributed by atoms with Crippen molar-refractivity contribution in [1.29, 1.82) is 0 Å². The van der Waals surface area contributed by atoms with Crippen LogP contribution >= 0.6 is 11.3 Å². The summed E-state index contributed by atoms with van der Waals surface area (Å²) in [6.45, 7) is 5.22. The van der Waals surface area contributed by atoms with Crippen LogP contribution in [0, 0.1) is 5.92 Å². The van der Waals surface area contributed by atoms with Crippen LogP contribution in [0.25, 0.3) is 10.7 Å². The summed E-state index contributed by atoms with van der Waals surface area (Å²) in [4.78, 5) is 22.4. The van der Waals surface area contributed by atoms with Crippen molar-refractivity contribution in [3.05, 3.63) is 23.4 Å². The summed E-state index contributed by atoms with van der Waals surface area (Å²) in [6.07, 6.45) is 3.90. The number of piperazine rings is 1. The maximum Gasteiger partial charge on any atom is 0.244 e. The van der Waals surface area contributed by atoms with Crippen molar-refractivity contribution < 1.29 is 9.32 Å². The van der Waals surface area contributed by atoms with E-state index in [2.05, 4.69) is 22.0 Å². The largest absolute Gasteiger partial charge is 0.340 e. The van der Waals surface area contributed by atoms with E-state index in [0.717, 1.165) is 50.3 Å². The summed E-state index contributed by atoms with van der Waals surface area (Å²) in [5, 5.41) is 6.11. The standard InChI is InChI=1S/C19H27N5O2S/c1-13(19-21-18(22-26-19)16-6-3-11-27-16)23-7-9-24(10-8-23)17(25)12-14-4-2-5-15(14)20/h3,6,11,13-15H,2,4-5,7-10,12,20H2,1H3/t13?,14-,15+/m0/s1. The minimum Gasteiger partial charge on any atom is -0.340 e. The molecule has 7 nitrogen and oxygen atoms in total. The number of hydrogen-bond acceptors (Lipinski definition) is 7. The van der Waals surface area contributed by atoms with E-state index in [-0.39, 0.29) is 18.0 Å². The molecule has 1 saturated carbocycles. The molecule has 2 aromatic heterocycles. The average Bonchev–Trinajstić information content (AvgIpc) is 3.43. The van der Waals surface area contributed by atoms with Gasteiger partial charge in [-0.1, -0.05) is 17.6 Å². The molecular weight excluding hydrogens is 362 g/mol. The van der Waals surface area contributed by atoms with Crippen molar-refractivity contribution >= 4 is 17.2 Å². The van der Waals surface area contributed by atoms with E-state index in [1.54, 1.807) is 11.3 Å². The summed E-state index contributed by atoms with van der Waals surface area (Å²) in [6, 6.07) is 4.22. The van der Waals surface area contributed by atoms with Crippen LogP contribution in [-0.2, 0) is 4.79 Å². The lowest BCUT2D eigenvalue weighted by Gasteiger charge is -2.37. The molecule has 1 unspecified atom stereocenters. The Bertz CT molecular complexity index is 754. The second kappa shape index (κ2) is 8.08. The van der Waals surface area contributed by atoms with Crippen molar-refractivity contribution in [1.82, 2.24) is 19.9 Å². The second-order valence-electron chi connectivity index (χ2n) is 7.59. The monoisotopic (exact) mass is 389 g/mol. The normalized spacial score (nSPS) is 25.0. The van der Waals surface area contributed by atoms with E-state index in [4.69, 9.17) is 10.3 Å². The molecule has 0 spiro atoms. The van der Waals surface area contributed by atoms with Crippen LogP contribution in [-0.4, -0.2) is 58.1 Å². The fraction of sp³-hybridized carbons (Fsp3) is 0.632. The van der Waals surface area contributed by atoms with Gasteiger partial charge in [0.25, 0.3) is 0 Å². The number of thiophene rings is 1. The Morgan fingerprint density at radius 3 is 2.85 bits per heavy atom. The molecule has 0 aromatic carbocycles. The molecule has 2 fully saturated rings. The van der Waals surface area contributed by atoms with Gasteiger partial charge in [-0.3, -0.25) is 9.69 Å². The molecule has 1 aliphatic carbocycles. The number of amides is 1. The predicted octanol–water partition coefficient (Wildman–Crippen LogP) is 2.52. The summed E-state index contributed by atoms with van der Waals surface area (Å²) in [5.74, 6) is 1.90. The van der Waals surface area contributed by atoms with Crippen molar-refractivity contribution in [2.45, 2.75) is 44.7 Å². The quantitative estimate of drug-likeness (QED) is 0.845. The lowest BCUT2D eigenvalue weighted by atomic mass is 9.99. The lowest BCUT2D eigenvalue weighted by Crippen LogP contribution is -2.49. The van der Waals surface area contributed by atoms with Crippen LogP contribution in [0.5, 0.6) is 0 Å². The first-order chi connectivity index (χ1) is 13.1. The molecule has 2 aromatic rings. The van der Waals surface area contributed by atoms with E-state index in [1.807, 2.05) is 22.4 Å². The highest BCUT2D eigenvalue weighted by atomic mass is 32.1. The van der Waals surface area contributed by atoms with E-state index < -0.39 is 0 Å². The molecule has 146 valence electrons. The van der Waals surface area contributed by atoms with Gasteiger partial charge in [0.1, 0.15) is 0 Å². The average molecular weight is 390 g/mol. The first-order valence-corrected chi connectivity index (χ1v) is 10.6. The molecule has 0 bridgehead atoms. The van der Waals surface area contributed by atoms with Crippen molar-refractivity contribution in [3.63, 3.8) is 0 Å². The van der Waals surface area contributed by atoms with Gasteiger partial charge in [-0.05, 0) is 37.1 Å². The number of carbonyl (C=O) groups is 1. The third kappa shape index (κ3) is 4.07. The Hall–Kier alpha value is -1.77. The van der Waals surface area contributed by atoms with E-state index in [1.165, 1.54) is 0 Å². The third-order valence-electron chi connectivity index (χ3n) is 5.91. The van der Waals surface area contributed by atoms with Gasteiger partial charge in [0.2, 0.25) is 17.6 Å². The lowest BCUT2D eigenvalue weighted by molar-refractivity contribution is -0.134. The number of hydrogen-bond donors (Lipinski definition) is 1. The number of aromatic nitrogens is 2. The van der Waals surface area contributed by atoms with E-state index in [9.17, 15) is 4.79 Å². The van der Waals surface area contributed by atoms with Crippen LogP contribution in [0.3, 0.4) is 0 Å². The van der Waals surface area contributed by atoms with Gasteiger partial charge in [-0.25, -0.2) is 0 Å². The van der Waals surface area contributed by atoms with Gasteiger partial charge in [-0.2, -0.15) is 4.98 Å². The first-order valence-electron chi connectivity index (χ1n) is 9.76. The van der Waals surface area contributed by atoms with Crippen LogP contribution < -0.4 is 5.73 Å². The van der Waals surface area contributed by atoms with Crippen molar-refractivity contribution in [3.8, 4) is 10.7 Å². The van der Waals surface area contributed by atoms with Gasteiger partial charge >= 0.3 is 0 Å². The predicted molar refractivity (Wildman–Crippen MR) is 104 cm³/mol. The van der Waals surface area contributed by atoms with Gasteiger partial charge < -0.3 is 15.2 Å². The zero-order valence-corrected chi connectivity index (χ0v) is 16.5. The number of nitrogens with zero attached hydrogens (tertiary/aromatic N) is 4. The highest BCUT2D eigenvalue weighted by Crippen LogP contribution is 2.28. The van der Waals surface area contributed by atoms with Gasteiger partial charge in [0.15, 0.2) is 0 Å². The zero-order chi connectivity index (χ0) is 18.8. The molecule has 1 aliphatic heterocycles. The smallest absolute Gasteiger partial charge is 0.244 e. The minimum atomic E-state index is 0.0479. The molecule has 3 atom stereocenters. The third-order valence-corrected chi connectivity index (χ3v) is 6.78. The summed E-state index contributed by atoms with van der Waals surface area (Å²) in [5.41, 5.74) is 6.12. The maximum atomic E-state index is 12.6. The molecule has 1 saturated heterocycles. The molecule has 27 heavy (non-hydrogen) atoms. The highest BCUT2D eigenvalue weighted by Gasteiger charge is 2.31. The number of nitrogens with two attached hydrogens (primary N) is 1. The first kappa shape index (κ1) is 18.6. The number of rotatable bonds is 5. The van der Waals surface area contributed by atoms with Gasteiger partial charge in [0.05, 0.1) is 10.9 Å². The Kier molecular flexibility index (Phi) is 5.56.